The molecule has 4 heterocycles. The molecule has 1 N–H and O–H groups in total. The summed E-state index contributed by atoms with van der Waals surface area (Å²) in [5.74, 6) is 1.82. The van der Waals surface area contributed by atoms with Crippen molar-refractivity contribution in [1.29, 1.82) is 0 Å². The van der Waals surface area contributed by atoms with Gasteiger partial charge in [0.25, 0.3) is 0 Å². The number of aromatic nitrogens is 5. The molecular formula is C48H39N5. The topological polar surface area (TPSA) is 51.4 Å². The summed E-state index contributed by atoms with van der Waals surface area (Å²) in [6.07, 6.45) is 1.90. The fraction of sp³-hybridized carbons (Fsp3) is 0.125. The molecule has 10 aromatic rings. The Balaban J connectivity index is 1.27. The Kier molecular flexibility index (Phi) is 6.80. The Bertz CT molecular complexity index is 3060. The van der Waals surface area contributed by atoms with Crippen LogP contribution in [-0.4, -0.2) is 24.1 Å². The summed E-state index contributed by atoms with van der Waals surface area (Å²) in [6, 6.07) is 48.1. The number of pyridine rings is 1. The fourth-order valence-corrected chi connectivity index (χ4v) is 8.31. The first-order valence-electron chi connectivity index (χ1n) is 18.3. The number of nitrogens with zero attached hydrogens (tertiary/aromatic N) is 4. The lowest BCUT2D eigenvalue weighted by atomic mass is 9.83. The van der Waals surface area contributed by atoms with Gasteiger partial charge in [0, 0.05) is 50.1 Å². The van der Waals surface area contributed by atoms with E-state index in [-0.39, 0.29) is 5.41 Å². The number of hydrogen-bond donors (Lipinski definition) is 1. The number of benzene rings is 6. The Hall–Kier alpha value is -6.46. The van der Waals surface area contributed by atoms with Gasteiger partial charge in [-0.25, -0.2) is 9.97 Å². The maximum Gasteiger partial charge on any atom is 0.147 e. The predicted molar refractivity (Wildman–Crippen MR) is 222 cm³/mol. The summed E-state index contributed by atoms with van der Waals surface area (Å²) in [5.41, 5.74) is 14.6. The zero-order valence-corrected chi connectivity index (χ0v) is 30.6. The molecule has 0 aliphatic heterocycles. The van der Waals surface area contributed by atoms with E-state index in [0.29, 0.717) is 0 Å². The SMILES string of the molecule is Cc1ccnc(-n2c3ccccc3c3ccc(-c4cccc5c4nc(-c4ccc(C(C)(C)C)c6c4[nH]c4ccc(C)cc46)n5-c4ccccc4)cc32)c1. The monoisotopic (exact) mass is 685 g/mol. The van der Waals surface area contributed by atoms with Crippen LogP contribution in [0.5, 0.6) is 0 Å². The number of imidazole rings is 1. The third-order valence-electron chi connectivity index (χ3n) is 10.8. The van der Waals surface area contributed by atoms with Crippen LogP contribution in [0.4, 0.5) is 0 Å². The van der Waals surface area contributed by atoms with Gasteiger partial charge in [-0.05, 0) is 96.6 Å². The fourth-order valence-electron chi connectivity index (χ4n) is 8.31. The zero-order valence-electron chi connectivity index (χ0n) is 30.6. The normalized spacial score (nSPS) is 12.2. The van der Waals surface area contributed by atoms with E-state index in [0.717, 1.165) is 67.1 Å². The van der Waals surface area contributed by atoms with Gasteiger partial charge in [-0.15, -0.1) is 0 Å². The highest BCUT2D eigenvalue weighted by molar-refractivity contribution is 6.14. The number of nitrogens with one attached hydrogen (secondary N) is 1. The molecule has 0 radical (unpaired) electrons. The van der Waals surface area contributed by atoms with Crippen LogP contribution in [0.2, 0.25) is 0 Å². The summed E-state index contributed by atoms with van der Waals surface area (Å²) in [4.78, 5) is 14.3. The molecule has 0 aliphatic carbocycles. The summed E-state index contributed by atoms with van der Waals surface area (Å²) < 4.78 is 4.62. The number of hydrogen-bond acceptors (Lipinski definition) is 2. The quantitative estimate of drug-likeness (QED) is 0.200. The third-order valence-corrected chi connectivity index (χ3v) is 10.8. The second-order valence-corrected chi connectivity index (χ2v) is 15.4. The zero-order chi connectivity index (χ0) is 36.0. The Morgan fingerprint density at radius 1 is 0.585 bits per heavy atom. The molecule has 53 heavy (non-hydrogen) atoms. The lowest BCUT2D eigenvalue weighted by molar-refractivity contribution is 0.596. The number of para-hydroxylation sites is 3. The highest BCUT2D eigenvalue weighted by atomic mass is 15.1. The van der Waals surface area contributed by atoms with Crippen molar-refractivity contribution in [3.8, 4) is 34.0 Å². The largest absolute Gasteiger partial charge is 0.354 e. The smallest absolute Gasteiger partial charge is 0.147 e. The minimum absolute atomic E-state index is 0.0442. The first kappa shape index (κ1) is 31.3. The molecule has 0 amide bonds. The van der Waals surface area contributed by atoms with Crippen molar-refractivity contribution in [1.82, 2.24) is 24.1 Å². The Morgan fingerprint density at radius 3 is 2.19 bits per heavy atom. The second-order valence-electron chi connectivity index (χ2n) is 15.4. The molecule has 256 valence electrons. The number of aromatic amines is 1. The second kappa shape index (κ2) is 11.5. The summed E-state index contributed by atoms with van der Waals surface area (Å²) in [7, 11) is 0. The van der Waals surface area contributed by atoms with Crippen LogP contribution in [0.25, 0.3) is 88.7 Å². The van der Waals surface area contributed by atoms with Crippen LogP contribution in [0.15, 0.2) is 140 Å². The van der Waals surface area contributed by atoms with E-state index < -0.39 is 0 Å². The van der Waals surface area contributed by atoms with Crippen LogP contribution in [-0.2, 0) is 5.41 Å². The Morgan fingerprint density at radius 2 is 1.36 bits per heavy atom. The molecule has 0 bridgehead atoms. The molecule has 0 spiro atoms. The maximum absolute atomic E-state index is 5.60. The summed E-state index contributed by atoms with van der Waals surface area (Å²) >= 11 is 0. The van der Waals surface area contributed by atoms with E-state index in [4.69, 9.17) is 9.97 Å². The van der Waals surface area contributed by atoms with Crippen LogP contribution in [0, 0.1) is 13.8 Å². The van der Waals surface area contributed by atoms with Gasteiger partial charge < -0.3 is 4.98 Å². The van der Waals surface area contributed by atoms with Gasteiger partial charge in [-0.2, -0.15) is 0 Å². The molecule has 0 saturated heterocycles. The maximum atomic E-state index is 5.60. The van der Waals surface area contributed by atoms with Crippen molar-refractivity contribution >= 4 is 54.6 Å². The first-order chi connectivity index (χ1) is 25.7. The predicted octanol–water partition coefficient (Wildman–Crippen LogP) is 12.4. The molecule has 0 fully saturated rings. The molecule has 0 unspecified atom stereocenters. The third kappa shape index (κ3) is 4.84. The minimum Gasteiger partial charge on any atom is -0.354 e. The van der Waals surface area contributed by atoms with E-state index in [1.807, 2.05) is 12.3 Å². The minimum atomic E-state index is -0.0442. The van der Waals surface area contributed by atoms with Gasteiger partial charge >= 0.3 is 0 Å². The average Bonchev–Trinajstić information content (AvgIpc) is 3.84. The van der Waals surface area contributed by atoms with E-state index >= 15 is 0 Å². The highest BCUT2D eigenvalue weighted by Crippen LogP contribution is 2.43. The molecule has 5 nitrogen and oxygen atoms in total. The summed E-state index contributed by atoms with van der Waals surface area (Å²) in [6.45, 7) is 11.2. The highest BCUT2D eigenvalue weighted by Gasteiger charge is 2.25. The van der Waals surface area contributed by atoms with Gasteiger partial charge in [0.1, 0.15) is 11.6 Å². The summed E-state index contributed by atoms with van der Waals surface area (Å²) in [5, 5.41) is 4.93. The van der Waals surface area contributed by atoms with Gasteiger partial charge in [0.2, 0.25) is 0 Å². The van der Waals surface area contributed by atoms with Gasteiger partial charge in [0.05, 0.1) is 27.6 Å². The van der Waals surface area contributed by atoms with Gasteiger partial charge in [-0.3, -0.25) is 9.13 Å². The van der Waals surface area contributed by atoms with Crippen molar-refractivity contribution in [2.75, 3.05) is 0 Å². The van der Waals surface area contributed by atoms with E-state index in [1.54, 1.807) is 0 Å². The number of aryl methyl sites for hydroxylation is 2. The Labute approximate surface area is 308 Å². The lowest BCUT2D eigenvalue weighted by Crippen LogP contribution is -2.11. The van der Waals surface area contributed by atoms with E-state index in [1.165, 1.54) is 38.2 Å². The van der Waals surface area contributed by atoms with Crippen LogP contribution >= 0.6 is 0 Å². The van der Waals surface area contributed by atoms with Gasteiger partial charge in [-0.1, -0.05) is 99.1 Å². The van der Waals surface area contributed by atoms with Crippen molar-refractivity contribution < 1.29 is 0 Å². The first-order valence-corrected chi connectivity index (χ1v) is 18.3. The van der Waals surface area contributed by atoms with Crippen LogP contribution in [0.1, 0.15) is 37.5 Å². The standard InChI is InChI=1S/C48H39N5/c1-29-18-23-39-37(26-29)44-38(48(3,4)5)22-21-36(46(44)50-39)47-51-45-33(15-11-17-41(45)52(47)32-12-7-6-8-13-32)31-19-20-35-34-14-9-10-16-40(34)53(42(35)28-31)43-27-30(2)24-25-49-43/h6-28,50H,1-5H3. The number of rotatable bonds is 4. The molecular weight excluding hydrogens is 647 g/mol. The van der Waals surface area contributed by atoms with Crippen molar-refractivity contribution in [2.45, 2.75) is 40.0 Å². The van der Waals surface area contributed by atoms with Crippen molar-refractivity contribution in [3.05, 3.63) is 156 Å². The van der Waals surface area contributed by atoms with Crippen LogP contribution in [0.3, 0.4) is 0 Å². The molecule has 6 aromatic carbocycles. The molecule has 10 rings (SSSR count). The number of H-pyrrole nitrogens is 1. The van der Waals surface area contributed by atoms with Crippen molar-refractivity contribution in [2.24, 2.45) is 0 Å². The molecule has 0 aliphatic rings. The van der Waals surface area contributed by atoms with E-state index in [2.05, 4.69) is 176 Å². The molecule has 0 atom stereocenters. The molecule has 4 aromatic heterocycles. The van der Waals surface area contributed by atoms with Gasteiger partial charge in [0.15, 0.2) is 0 Å². The number of fused-ring (bicyclic) bond motifs is 7. The average molecular weight is 686 g/mol. The lowest BCUT2D eigenvalue weighted by Gasteiger charge is -2.21. The van der Waals surface area contributed by atoms with Crippen molar-refractivity contribution in [3.63, 3.8) is 0 Å². The van der Waals surface area contributed by atoms with E-state index in [9.17, 15) is 0 Å². The van der Waals surface area contributed by atoms with Crippen LogP contribution < -0.4 is 0 Å². The molecule has 0 saturated carbocycles. The molecule has 5 heteroatoms.